The molecule has 5 rings (SSSR count). The van der Waals surface area contributed by atoms with Crippen molar-refractivity contribution in [3.05, 3.63) is 59.3 Å². The smallest absolute Gasteiger partial charge is 0.367 e. The second-order valence-electron chi connectivity index (χ2n) is 8.89. The van der Waals surface area contributed by atoms with Crippen LogP contribution in [0.15, 0.2) is 36.8 Å². The lowest BCUT2D eigenvalue weighted by Crippen LogP contribution is -2.46. The first-order valence-electron chi connectivity index (χ1n) is 11.2. The van der Waals surface area contributed by atoms with E-state index in [9.17, 15) is 22.4 Å². The van der Waals surface area contributed by atoms with Crippen molar-refractivity contribution >= 4 is 17.2 Å². The summed E-state index contributed by atoms with van der Waals surface area (Å²) in [5, 5.41) is 10.3. The molecule has 1 amide bonds. The minimum Gasteiger partial charge on any atom is -0.367 e. The van der Waals surface area contributed by atoms with Crippen molar-refractivity contribution in [3.8, 4) is 0 Å². The van der Waals surface area contributed by atoms with E-state index >= 15 is 0 Å². The Balaban J connectivity index is 1.41. The number of amides is 1. The van der Waals surface area contributed by atoms with E-state index in [-0.39, 0.29) is 11.1 Å². The van der Waals surface area contributed by atoms with Crippen LogP contribution in [0, 0.1) is 11.7 Å². The summed E-state index contributed by atoms with van der Waals surface area (Å²) >= 11 is 0. The summed E-state index contributed by atoms with van der Waals surface area (Å²) in [4.78, 5) is 19.6. The Morgan fingerprint density at radius 3 is 2.91 bits per heavy atom. The van der Waals surface area contributed by atoms with Gasteiger partial charge in [-0.2, -0.15) is 18.3 Å². The fourth-order valence-electron chi connectivity index (χ4n) is 4.98. The molecule has 2 aromatic heterocycles. The van der Waals surface area contributed by atoms with Gasteiger partial charge in [0.2, 0.25) is 0 Å². The van der Waals surface area contributed by atoms with Crippen molar-refractivity contribution in [1.82, 2.24) is 25.2 Å². The molecule has 11 heteroatoms. The topological polar surface area (TPSA) is 74.6 Å². The zero-order valence-electron chi connectivity index (χ0n) is 18.4. The number of halogens is 4. The number of anilines is 1. The van der Waals surface area contributed by atoms with Crippen LogP contribution < -0.4 is 15.5 Å². The molecule has 1 aromatic carbocycles. The molecule has 34 heavy (non-hydrogen) atoms. The summed E-state index contributed by atoms with van der Waals surface area (Å²) in [6.07, 6.45) is 0.280. The number of carbonyl (C=O) groups excluding carboxylic acids is 1. The van der Waals surface area contributed by atoms with Crippen LogP contribution in [0.4, 0.5) is 23.2 Å². The Bertz CT molecular complexity index is 1230. The molecule has 0 spiro atoms. The number of alkyl halides is 3. The van der Waals surface area contributed by atoms with Crippen molar-refractivity contribution in [1.29, 1.82) is 0 Å². The fourth-order valence-corrected chi connectivity index (χ4v) is 4.98. The normalized spacial score (nSPS) is 21.5. The Morgan fingerprint density at radius 2 is 2.12 bits per heavy atom. The predicted molar refractivity (Wildman–Crippen MR) is 117 cm³/mol. The second kappa shape index (κ2) is 8.53. The molecular formula is C23H24F4N6O. The average Bonchev–Trinajstić information content (AvgIpc) is 3.46. The molecule has 0 unspecified atom stereocenters. The third-order valence-electron chi connectivity index (χ3n) is 6.78. The molecule has 180 valence electrons. The van der Waals surface area contributed by atoms with Crippen molar-refractivity contribution < 1.29 is 22.4 Å². The lowest BCUT2D eigenvalue weighted by atomic mass is 9.92. The Morgan fingerprint density at radius 1 is 1.29 bits per heavy atom. The van der Waals surface area contributed by atoms with E-state index in [1.165, 1.54) is 30.0 Å². The second-order valence-corrected chi connectivity index (χ2v) is 8.89. The number of piperidine rings is 1. The first-order valence-corrected chi connectivity index (χ1v) is 11.2. The summed E-state index contributed by atoms with van der Waals surface area (Å²) in [6.45, 7) is 4.05. The van der Waals surface area contributed by atoms with Gasteiger partial charge in [-0.05, 0) is 44.4 Å². The molecular weight excluding hydrogens is 452 g/mol. The number of aromatic nitrogens is 3. The average molecular weight is 476 g/mol. The van der Waals surface area contributed by atoms with Gasteiger partial charge in [-0.15, -0.1) is 0 Å². The lowest BCUT2D eigenvalue weighted by molar-refractivity contribution is -0.140. The Labute approximate surface area is 193 Å². The van der Waals surface area contributed by atoms with Gasteiger partial charge in [0, 0.05) is 30.9 Å². The van der Waals surface area contributed by atoms with E-state index in [1.807, 2.05) is 0 Å². The Kier molecular flexibility index (Phi) is 5.67. The highest BCUT2D eigenvalue weighted by molar-refractivity contribution is 5.96. The lowest BCUT2D eigenvalue weighted by Gasteiger charge is -2.36. The van der Waals surface area contributed by atoms with Crippen LogP contribution in [0.2, 0.25) is 0 Å². The predicted octanol–water partition coefficient (Wildman–Crippen LogP) is 3.57. The largest absolute Gasteiger partial charge is 0.419 e. The number of benzene rings is 1. The van der Waals surface area contributed by atoms with E-state index in [4.69, 9.17) is 0 Å². The van der Waals surface area contributed by atoms with Crippen molar-refractivity contribution in [2.75, 3.05) is 24.5 Å². The van der Waals surface area contributed by atoms with Gasteiger partial charge >= 0.3 is 6.18 Å². The third-order valence-corrected chi connectivity index (χ3v) is 6.78. The van der Waals surface area contributed by atoms with E-state index in [0.29, 0.717) is 23.7 Å². The minimum atomic E-state index is -4.82. The standard InChI is InChI=1S/C23H24F4N6O/c1-13(16-3-2-4-17(20(16)24)23(25,26)27)31-22(34)15-9-19(21-29-12-30-33(21)10-15)32-8-6-14-5-7-28-18(14)11-32/h2-4,9-10,12-14,18,28H,5-8,11H2,1H3,(H,31,34)/t13-,14-,18+/m1/s1. The SMILES string of the molecule is C[C@@H](NC(=O)c1cc(N2CC[C@H]3CCN[C@H]3C2)c2ncnn2c1)c1cccc(C(F)(F)F)c1F. The minimum absolute atomic E-state index is 0.236. The highest BCUT2D eigenvalue weighted by atomic mass is 19.4. The maximum atomic E-state index is 14.5. The summed E-state index contributed by atoms with van der Waals surface area (Å²) in [6, 6.07) is 4.15. The van der Waals surface area contributed by atoms with Crippen LogP contribution >= 0.6 is 0 Å². The summed E-state index contributed by atoms with van der Waals surface area (Å²) in [5.74, 6) is -1.29. The quantitative estimate of drug-likeness (QED) is 0.564. The molecule has 0 aliphatic carbocycles. The molecule has 7 nitrogen and oxygen atoms in total. The van der Waals surface area contributed by atoms with Crippen LogP contribution in [0.1, 0.15) is 47.3 Å². The molecule has 3 aromatic rings. The van der Waals surface area contributed by atoms with E-state index < -0.39 is 29.5 Å². The zero-order chi connectivity index (χ0) is 24.0. The zero-order valence-corrected chi connectivity index (χ0v) is 18.4. The summed E-state index contributed by atoms with van der Waals surface area (Å²) in [7, 11) is 0. The van der Waals surface area contributed by atoms with Crippen LogP contribution in [-0.2, 0) is 6.18 Å². The highest BCUT2D eigenvalue weighted by Crippen LogP contribution is 2.34. The maximum Gasteiger partial charge on any atom is 0.419 e. The molecule has 2 aliphatic heterocycles. The third kappa shape index (κ3) is 4.08. The number of carbonyl (C=O) groups is 1. The number of hydrogen-bond donors (Lipinski definition) is 2. The summed E-state index contributed by atoms with van der Waals surface area (Å²) in [5.41, 5.74) is 0.0369. The maximum absolute atomic E-state index is 14.5. The molecule has 4 heterocycles. The van der Waals surface area contributed by atoms with Gasteiger partial charge < -0.3 is 15.5 Å². The molecule has 2 aliphatic rings. The molecule has 2 fully saturated rings. The van der Waals surface area contributed by atoms with Crippen molar-refractivity contribution in [2.45, 2.75) is 38.0 Å². The Hall–Kier alpha value is -3.21. The van der Waals surface area contributed by atoms with E-state index in [2.05, 4.69) is 25.6 Å². The monoisotopic (exact) mass is 476 g/mol. The van der Waals surface area contributed by atoms with Crippen molar-refractivity contribution in [3.63, 3.8) is 0 Å². The number of rotatable bonds is 4. The number of nitrogens with zero attached hydrogens (tertiary/aromatic N) is 4. The van der Waals surface area contributed by atoms with Gasteiger partial charge in [0.05, 0.1) is 22.9 Å². The number of nitrogens with one attached hydrogen (secondary N) is 2. The first-order chi connectivity index (χ1) is 16.2. The molecule has 0 radical (unpaired) electrons. The molecule has 2 saturated heterocycles. The first kappa shape index (κ1) is 22.6. The fraction of sp³-hybridized carbons (Fsp3) is 0.435. The molecule has 0 saturated carbocycles. The number of hydrogen-bond acceptors (Lipinski definition) is 5. The van der Waals surface area contributed by atoms with Gasteiger partial charge in [0.15, 0.2) is 5.65 Å². The van der Waals surface area contributed by atoms with Gasteiger partial charge in [-0.25, -0.2) is 13.9 Å². The molecule has 3 atom stereocenters. The van der Waals surface area contributed by atoms with E-state index in [0.717, 1.165) is 44.2 Å². The van der Waals surface area contributed by atoms with Gasteiger partial charge in [-0.1, -0.05) is 12.1 Å². The van der Waals surface area contributed by atoms with Gasteiger partial charge in [-0.3, -0.25) is 4.79 Å². The van der Waals surface area contributed by atoms with Gasteiger partial charge in [0.25, 0.3) is 5.91 Å². The van der Waals surface area contributed by atoms with Gasteiger partial charge in [0.1, 0.15) is 12.1 Å². The van der Waals surface area contributed by atoms with Crippen LogP contribution in [0.25, 0.3) is 5.65 Å². The molecule has 0 bridgehead atoms. The number of fused-ring (bicyclic) bond motifs is 2. The van der Waals surface area contributed by atoms with Crippen LogP contribution in [-0.4, -0.2) is 46.2 Å². The van der Waals surface area contributed by atoms with Crippen LogP contribution in [0.5, 0.6) is 0 Å². The van der Waals surface area contributed by atoms with Crippen molar-refractivity contribution in [2.24, 2.45) is 5.92 Å². The van der Waals surface area contributed by atoms with E-state index in [1.54, 1.807) is 6.07 Å². The number of pyridine rings is 1. The molecule has 2 N–H and O–H groups in total. The summed E-state index contributed by atoms with van der Waals surface area (Å²) < 4.78 is 55.3. The highest BCUT2D eigenvalue weighted by Gasteiger charge is 2.36. The van der Waals surface area contributed by atoms with Crippen LogP contribution in [0.3, 0.4) is 0 Å².